The Morgan fingerprint density at radius 1 is 1.41 bits per heavy atom. The van der Waals surface area contributed by atoms with E-state index in [4.69, 9.17) is 22.1 Å². The van der Waals surface area contributed by atoms with Crippen LogP contribution in [-0.4, -0.2) is 18.2 Å². The van der Waals surface area contributed by atoms with Crippen molar-refractivity contribution in [3.63, 3.8) is 0 Å². The summed E-state index contributed by atoms with van der Waals surface area (Å²) in [6, 6.07) is 3.94. The van der Waals surface area contributed by atoms with Crippen molar-refractivity contribution in [2.45, 2.75) is 13.3 Å². The maximum absolute atomic E-state index is 6.15. The number of nitrogens with two attached hydrogens (primary N) is 1. The van der Waals surface area contributed by atoms with Crippen LogP contribution < -0.4 is 10.5 Å². The van der Waals surface area contributed by atoms with Crippen molar-refractivity contribution in [2.75, 3.05) is 13.7 Å². The Kier molecular flexibility index (Phi) is 3.31. The summed E-state index contributed by atoms with van der Waals surface area (Å²) in [5, 5.41) is 1.82. The van der Waals surface area contributed by atoms with E-state index in [-0.39, 0.29) is 0 Å². The Hall–Kier alpha value is -1.19. The predicted molar refractivity (Wildman–Crippen MR) is 72.0 cm³/mol. The molecule has 0 spiro atoms. The number of fused-ring (bicyclic) bond motifs is 1. The maximum atomic E-state index is 6.15. The Bertz CT molecular complexity index is 560. The number of aryl methyl sites for hydroxylation is 2. The van der Waals surface area contributed by atoms with Gasteiger partial charge in [0.2, 0.25) is 0 Å². The lowest BCUT2D eigenvalue weighted by Crippen LogP contribution is -2.07. The number of ether oxygens (including phenoxy) is 1. The van der Waals surface area contributed by atoms with Crippen molar-refractivity contribution < 1.29 is 4.74 Å². The fourth-order valence-corrected chi connectivity index (χ4v) is 2.56. The highest BCUT2D eigenvalue weighted by atomic mass is 35.5. The summed E-state index contributed by atoms with van der Waals surface area (Å²) in [7, 11) is 3.68. The Labute approximate surface area is 106 Å². The summed E-state index contributed by atoms with van der Waals surface area (Å²) < 4.78 is 7.41. The first-order valence-electron chi connectivity index (χ1n) is 5.61. The summed E-state index contributed by atoms with van der Waals surface area (Å²) in [6.07, 6.45) is 0.872. The van der Waals surface area contributed by atoms with Crippen LogP contribution in [-0.2, 0) is 13.5 Å². The van der Waals surface area contributed by atoms with Crippen LogP contribution in [0.5, 0.6) is 5.75 Å². The molecule has 1 aromatic heterocycles. The van der Waals surface area contributed by atoms with Crippen LogP contribution in [0.2, 0.25) is 5.02 Å². The van der Waals surface area contributed by atoms with E-state index in [1.165, 1.54) is 16.6 Å². The van der Waals surface area contributed by atoms with Crippen LogP contribution >= 0.6 is 11.6 Å². The molecule has 3 nitrogen and oxygen atoms in total. The van der Waals surface area contributed by atoms with E-state index in [2.05, 4.69) is 11.5 Å². The molecule has 0 unspecified atom stereocenters. The monoisotopic (exact) mass is 252 g/mol. The molecule has 0 amide bonds. The van der Waals surface area contributed by atoms with Gasteiger partial charge in [0.25, 0.3) is 0 Å². The summed E-state index contributed by atoms with van der Waals surface area (Å²) in [5.41, 5.74) is 9.27. The summed E-state index contributed by atoms with van der Waals surface area (Å²) >= 11 is 6.15. The zero-order valence-electron chi connectivity index (χ0n) is 10.4. The fraction of sp³-hybridized carbons (Fsp3) is 0.385. The lowest BCUT2D eigenvalue weighted by atomic mass is 10.1. The second-order valence-corrected chi connectivity index (χ2v) is 4.58. The highest BCUT2D eigenvalue weighted by molar-refractivity contribution is 6.32. The molecule has 2 N–H and O–H groups in total. The number of methoxy groups -OCH3 is 1. The van der Waals surface area contributed by atoms with E-state index in [1.54, 1.807) is 7.11 Å². The van der Waals surface area contributed by atoms with Crippen molar-refractivity contribution in [3.8, 4) is 5.75 Å². The molecule has 0 atom stereocenters. The molecule has 2 aromatic rings. The SMILES string of the molecule is COc1cc2c(C)c(CCN)n(C)c2cc1Cl. The maximum Gasteiger partial charge on any atom is 0.138 e. The molecule has 0 aliphatic carbocycles. The molecule has 17 heavy (non-hydrogen) atoms. The molecular formula is C13H17ClN2O. The molecule has 0 bridgehead atoms. The van der Waals surface area contributed by atoms with Gasteiger partial charge in [-0.25, -0.2) is 0 Å². The van der Waals surface area contributed by atoms with Gasteiger partial charge < -0.3 is 15.0 Å². The number of nitrogens with zero attached hydrogens (tertiary/aromatic N) is 1. The van der Waals surface area contributed by atoms with Crippen LogP contribution in [0.1, 0.15) is 11.3 Å². The quantitative estimate of drug-likeness (QED) is 0.912. The highest BCUT2D eigenvalue weighted by Crippen LogP contribution is 2.34. The minimum Gasteiger partial charge on any atom is -0.495 e. The molecule has 0 aliphatic heterocycles. The Morgan fingerprint density at radius 3 is 2.71 bits per heavy atom. The van der Waals surface area contributed by atoms with Gasteiger partial charge in [-0.3, -0.25) is 0 Å². The Balaban J connectivity index is 2.74. The molecule has 2 rings (SSSR count). The van der Waals surface area contributed by atoms with Gasteiger partial charge in [-0.15, -0.1) is 0 Å². The van der Waals surface area contributed by atoms with Crippen molar-refractivity contribution >= 4 is 22.5 Å². The minimum absolute atomic E-state index is 0.639. The molecule has 0 saturated carbocycles. The lowest BCUT2D eigenvalue weighted by molar-refractivity contribution is 0.415. The average Bonchev–Trinajstić information content (AvgIpc) is 2.54. The van der Waals surface area contributed by atoms with Crippen LogP contribution in [0.4, 0.5) is 0 Å². The van der Waals surface area contributed by atoms with E-state index in [9.17, 15) is 0 Å². The molecule has 1 aromatic carbocycles. The molecular weight excluding hydrogens is 236 g/mol. The number of halogens is 1. The van der Waals surface area contributed by atoms with Gasteiger partial charge in [0, 0.05) is 30.1 Å². The van der Waals surface area contributed by atoms with E-state index in [0.29, 0.717) is 17.3 Å². The normalized spacial score (nSPS) is 11.1. The summed E-state index contributed by atoms with van der Waals surface area (Å²) in [5.74, 6) is 0.715. The van der Waals surface area contributed by atoms with Crippen molar-refractivity contribution in [2.24, 2.45) is 12.8 Å². The third-order valence-corrected chi connectivity index (χ3v) is 3.55. The molecule has 0 aliphatic rings. The summed E-state index contributed by atoms with van der Waals surface area (Å²) in [6.45, 7) is 2.76. The highest BCUT2D eigenvalue weighted by Gasteiger charge is 2.13. The molecule has 92 valence electrons. The van der Waals surface area contributed by atoms with E-state index in [0.717, 1.165) is 11.9 Å². The van der Waals surface area contributed by atoms with E-state index >= 15 is 0 Å². The van der Waals surface area contributed by atoms with E-state index in [1.807, 2.05) is 19.2 Å². The zero-order chi connectivity index (χ0) is 12.6. The van der Waals surface area contributed by atoms with Gasteiger partial charge >= 0.3 is 0 Å². The first kappa shape index (κ1) is 12.3. The lowest BCUT2D eigenvalue weighted by Gasteiger charge is -2.05. The standard InChI is InChI=1S/C13H17ClN2O/c1-8-9-6-13(17-3)10(14)7-12(9)16(2)11(8)4-5-15/h6-7H,4-5,15H2,1-3H3. The smallest absolute Gasteiger partial charge is 0.138 e. The first-order valence-corrected chi connectivity index (χ1v) is 5.99. The topological polar surface area (TPSA) is 40.2 Å². The number of benzene rings is 1. The average molecular weight is 253 g/mol. The molecule has 4 heteroatoms. The second-order valence-electron chi connectivity index (χ2n) is 4.17. The minimum atomic E-state index is 0.639. The number of aromatic nitrogens is 1. The van der Waals surface area contributed by atoms with Crippen molar-refractivity contribution in [3.05, 3.63) is 28.4 Å². The van der Waals surface area contributed by atoms with Gasteiger partial charge in [0.05, 0.1) is 12.1 Å². The molecule has 1 heterocycles. The van der Waals surface area contributed by atoms with Gasteiger partial charge in [-0.2, -0.15) is 0 Å². The largest absolute Gasteiger partial charge is 0.495 e. The summed E-state index contributed by atoms with van der Waals surface area (Å²) in [4.78, 5) is 0. The van der Waals surface area contributed by atoms with Gasteiger partial charge in [-0.1, -0.05) is 11.6 Å². The fourth-order valence-electron chi connectivity index (χ4n) is 2.32. The predicted octanol–water partition coefficient (Wildman–Crippen LogP) is 2.65. The van der Waals surface area contributed by atoms with E-state index < -0.39 is 0 Å². The third kappa shape index (κ3) is 1.90. The van der Waals surface area contributed by atoms with Gasteiger partial charge in [-0.05, 0) is 31.2 Å². The van der Waals surface area contributed by atoms with Gasteiger partial charge in [0.15, 0.2) is 0 Å². The number of hydrogen-bond acceptors (Lipinski definition) is 2. The first-order chi connectivity index (χ1) is 8.10. The van der Waals surface area contributed by atoms with Crippen LogP contribution in [0.3, 0.4) is 0 Å². The number of hydrogen-bond donors (Lipinski definition) is 1. The number of rotatable bonds is 3. The molecule has 0 fully saturated rings. The van der Waals surface area contributed by atoms with Crippen LogP contribution in [0, 0.1) is 6.92 Å². The third-order valence-electron chi connectivity index (χ3n) is 3.25. The van der Waals surface area contributed by atoms with Crippen molar-refractivity contribution in [1.29, 1.82) is 0 Å². The molecule has 0 radical (unpaired) electrons. The van der Waals surface area contributed by atoms with Crippen LogP contribution in [0.25, 0.3) is 10.9 Å². The van der Waals surface area contributed by atoms with Gasteiger partial charge in [0.1, 0.15) is 5.75 Å². The molecule has 0 saturated heterocycles. The zero-order valence-corrected chi connectivity index (χ0v) is 11.1. The van der Waals surface area contributed by atoms with Crippen LogP contribution in [0.15, 0.2) is 12.1 Å². The Morgan fingerprint density at radius 2 is 2.12 bits per heavy atom. The second kappa shape index (κ2) is 4.59. The van der Waals surface area contributed by atoms with Crippen molar-refractivity contribution in [1.82, 2.24) is 4.57 Å².